The van der Waals surface area contributed by atoms with Crippen LogP contribution in [0.2, 0.25) is 0 Å². The van der Waals surface area contributed by atoms with Crippen molar-refractivity contribution in [1.29, 1.82) is 0 Å². The Balaban J connectivity index is 1.62. The molecule has 0 spiro atoms. The second-order valence-electron chi connectivity index (χ2n) is 6.44. The number of likely N-dealkylation sites (tertiary alicyclic amines) is 1. The van der Waals surface area contributed by atoms with Gasteiger partial charge in [-0.25, -0.2) is 0 Å². The second kappa shape index (κ2) is 9.10. The lowest BCUT2D eigenvalue weighted by molar-refractivity contribution is -0.122. The van der Waals surface area contributed by atoms with Gasteiger partial charge in [0.15, 0.2) is 11.5 Å². The Morgan fingerprint density at radius 3 is 2.59 bits per heavy atom. The van der Waals surface area contributed by atoms with E-state index >= 15 is 0 Å². The van der Waals surface area contributed by atoms with Gasteiger partial charge in [-0.3, -0.25) is 9.69 Å². The van der Waals surface area contributed by atoms with Gasteiger partial charge in [-0.1, -0.05) is 6.07 Å². The van der Waals surface area contributed by atoms with Crippen molar-refractivity contribution in [3.63, 3.8) is 0 Å². The molecule has 0 radical (unpaired) electrons. The van der Waals surface area contributed by atoms with Crippen molar-refractivity contribution >= 4 is 17.2 Å². The van der Waals surface area contributed by atoms with Gasteiger partial charge in [-0.05, 0) is 36.9 Å². The van der Waals surface area contributed by atoms with Crippen LogP contribution in [0.15, 0.2) is 29.6 Å². The molecule has 0 aliphatic carbocycles. The van der Waals surface area contributed by atoms with Gasteiger partial charge in [0.05, 0.1) is 27.9 Å². The van der Waals surface area contributed by atoms with Gasteiger partial charge in [-0.2, -0.15) is 0 Å². The van der Waals surface area contributed by atoms with Crippen LogP contribution in [0.5, 0.6) is 17.2 Å². The van der Waals surface area contributed by atoms with Crippen molar-refractivity contribution in [3.05, 3.63) is 40.1 Å². The Hall–Kier alpha value is -2.25. The third kappa shape index (κ3) is 4.54. The number of benzene rings is 1. The number of amides is 1. The van der Waals surface area contributed by atoms with Crippen LogP contribution in [0.25, 0.3) is 0 Å². The number of hydrogen-bond acceptors (Lipinski definition) is 6. The molecular weight excluding hydrogens is 364 g/mol. The van der Waals surface area contributed by atoms with Crippen LogP contribution in [0.1, 0.15) is 29.3 Å². The molecule has 6 nitrogen and oxygen atoms in total. The van der Waals surface area contributed by atoms with Crippen LogP contribution in [0.4, 0.5) is 0 Å². The van der Waals surface area contributed by atoms with Gasteiger partial charge in [0.25, 0.3) is 0 Å². The van der Waals surface area contributed by atoms with Crippen molar-refractivity contribution < 1.29 is 19.0 Å². The monoisotopic (exact) mass is 390 g/mol. The van der Waals surface area contributed by atoms with Gasteiger partial charge in [0.1, 0.15) is 5.75 Å². The molecular formula is C20H26N2O4S. The quantitative estimate of drug-likeness (QED) is 0.750. The minimum absolute atomic E-state index is 0.00953. The number of nitrogens with one attached hydrogen (secondary N) is 1. The predicted octanol–water partition coefficient (Wildman–Crippen LogP) is 3.23. The van der Waals surface area contributed by atoms with Crippen LogP contribution in [-0.4, -0.2) is 45.2 Å². The van der Waals surface area contributed by atoms with Crippen molar-refractivity contribution in [2.24, 2.45) is 0 Å². The molecule has 0 bridgehead atoms. The van der Waals surface area contributed by atoms with Crippen LogP contribution in [0, 0.1) is 0 Å². The Bertz CT molecular complexity index is 764. The van der Waals surface area contributed by atoms with E-state index in [0.29, 0.717) is 36.4 Å². The first-order valence-electron chi connectivity index (χ1n) is 8.99. The number of ether oxygens (including phenoxy) is 3. The molecule has 7 heteroatoms. The summed E-state index contributed by atoms with van der Waals surface area (Å²) < 4.78 is 16.1. The van der Waals surface area contributed by atoms with Crippen LogP contribution in [-0.2, 0) is 11.3 Å². The van der Waals surface area contributed by atoms with E-state index in [4.69, 9.17) is 14.2 Å². The summed E-state index contributed by atoms with van der Waals surface area (Å²) in [4.78, 5) is 16.1. The Morgan fingerprint density at radius 2 is 1.93 bits per heavy atom. The van der Waals surface area contributed by atoms with E-state index in [1.807, 2.05) is 6.07 Å². The van der Waals surface area contributed by atoms with Gasteiger partial charge >= 0.3 is 0 Å². The minimum Gasteiger partial charge on any atom is -0.496 e. The SMILES string of the molecule is COc1cc(OC)c(OC)cc1CNC(=O)CN1CCCC1c1cccs1. The molecule has 1 aliphatic heterocycles. The normalized spacial score (nSPS) is 16.9. The number of carbonyl (C=O) groups excluding carboxylic acids is 1. The van der Waals surface area contributed by atoms with E-state index in [0.717, 1.165) is 24.9 Å². The van der Waals surface area contributed by atoms with E-state index in [1.165, 1.54) is 4.88 Å². The summed E-state index contributed by atoms with van der Waals surface area (Å²) >= 11 is 1.76. The van der Waals surface area contributed by atoms with E-state index in [1.54, 1.807) is 38.7 Å². The molecule has 1 aromatic carbocycles. The van der Waals surface area contributed by atoms with E-state index in [9.17, 15) is 4.79 Å². The van der Waals surface area contributed by atoms with Crippen LogP contribution < -0.4 is 19.5 Å². The molecule has 2 aromatic rings. The molecule has 1 amide bonds. The molecule has 27 heavy (non-hydrogen) atoms. The van der Waals surface area contributed by atoms with Crippen molar-refractivity contribution in [1.82, 2.24) is 10.2 Å². The van der Waals surface area contributed by atoms with Gasteiger partial charge in [0.2, 0.25) is 5.91 Å². The zero-order valence-electron chi connectivity index (χ0n) is 16.0. The summed E-state index contributed by atoms with van der Waals surface area (Å²) in [6.07, 6.45) is 2.23. The number of rotatable bonds is 8. The topological polar surface area (TPSA) is 60.0 Å². The lowest BCUT2D eigenvalue weighted by atomic mass is 10.1. The standard InChI is InChI=1S/C20H26N2O4S/c1-24-16-11-18(26-3)17(25-2)10-14(16)12-21-20(23)13-22-8-4-6-15(22)19-7-5-9-27-19/h5,7,9-11,15H,4,6,8,12-13H2,1-3H3,(H,21,23). The fourth-order valence-electron chi connectivity index (χ4n) is 3.48. The summed E-state index contributed by atoms with van der Waals surface area (Å²) in [5, 5.41) is 5.09. The average Bonchev–Trinajstić information content (AvgIpc) is 3.37. The van der Waals surface area contributed by atoms with E-state index in [2.05, 4.69) is 27.7 Å². The molecule has 146 valence electrons. The second-order valence-corrected chi connectivity index (χ2v) is 7.42. The van der Waals surface area contributed by atoms with Crippen molar-refractivity contribution in [3.8, 4) is 17.2 Å². The first kappa shape index (κ1) is 19.5. The predicted molar refractivity (Wildman–Crippen MR) is 106 cm³/mol. The van der Waals surface area contributed by atoms with Crippen LogP contribution in [0.3, 0.4) is 0 Å². The lowest BCUT2D eigenvalue weighted by Gasteiger charge is -2.23. The summed E-state index contributed by atoms with van der Waals surface area (Å²) in [5.41, 5.74) is 0.847. The largest absolute Gasteiger partial charge is 0.496 e. The number of thiophene rings is 1. The highest BCUT2D eigenvalue weighted by Gasteiger charge is 2.28. The highest BCUT2D eigenvalue weighted by atomic mass is 32.1. The lowest BCUT2D eigenvalue weighted by Crippen LogP contribution is -2.36. The summed E-state index contributed by atoms with van der Waals surface area (Å²) in [5.74, 6) is 1.88. The summed E-state index contributed by atoms with van der Waals surface area (Å²) in [6, 6.07) is 8.18. The first-order chi connectivity index (χ1) is 13.2. The minimum atomic E-state index is 0.00953. The fourth-order valence-corrected chi connectivity index (χ4v) is 4.38. The van der Waals surface area contributed by atoms with Crippen molar-refractivity contribution in [2.45, 2.75) is 25.4 Å². The molecule has 1 saturated heterocycles. The zero-order chi connectivity index (χ0) is 19.2. The molecule has 1 fully saturated rings. The maximum atomic E-state index is 12.5. The van der Waals surface area contributed by atoms with Gasteiger partial charge in [-0.15, -0.1) is 11.3 Å². The number of carbonyl (C=O) groups is 1. The molecule has 3 rings (SSSR count). The third-order valence-corrected chi connectivity index (χ3v) is 5.82. The maximum Gasteiger partial charge on any atom is 0.234 e. The smallest absolute Gasteiger partial charge is 0.234 e. The highest BCUT2D eigenvalue weighted by molar-refractivity contribution is 7.10. The average molecular weight is 391 g/mol. The highest BCUT2D eigenvalue weighted by Crippen LogP contribution is 2.35. The summed E-state index contributed by atoms with van der Waals surface area (Å²) in [7, 11) is 4.77. The molecule has 1 unspecified atom stereocenters. The Kier molecular flexibility index (Phi) is 6.58. The van der Waals surface area contributed by atoms with Crippen molar-refractivity contribution in [2.75, 3.05) is 34.4 Å². The number of methoxy groups -OCH3 is 3. The van der Waals surface area contributed by atoms with E-state index in [-0.39, 0.29) is 5.91 Å². The third-order valence-electron chi connectivity index (χ3n) is 4.84. The number of nitrogens with zero attached hydrogens (tertiary/aromatic N) is 1. The van der Waals surface area contributed by atoms with Gasteiger partial charge < -0.3 is 19.5 Å². The fraction of sp³-hybridized carbons (Fsp3) is 0.450. The first-order valence-corrected chi connectivity index (χ1v) is 9.87. The van der Waals surface area contributed by atoms with Crippen LogP contribution >= 0.6 is 11.3 Å². The Morgan fingerprint density at radius 1 is 1.19 bits per heavy atom. The Labute approximate surface area is 164 Å². The van der Waals surface area contributed by atoms with Gasteiger partial charge in [0, 0.05) is 29.1 Å². The summed E-state index contributed by atoms with van der Waals surface area (Å²) in [6.45, 7) is 1.73. The molecule has 1 atom stereocenters. The van der Waals surface area contributed by atoms with E-state index < -0.39 is 0 Å². The maximum absolute atomic E-state index is 12.5. The molecule has 1 N–H and O–H groups in total. The zero-order valence-corrected chi connectivity index (χ0v) is 16.8. The molecule has 0 saturated carbocycles. The molecule has 1 aliphatic rings. The number of hydrogen-bond donors (Lipinski definition) is 1. The molecule has 2 heterocycles. The molecule has 1 aromatic heterocycles.